The number of benzene rings is 1. The zero-order valence-electron chi connectivity index (χ0n) is 15.2. The standard InChI is InChI=1S/C20H28Cl2N2O2/c21-16-13-10-14-17(18(16)22)24-20(26)19(25)23-15-11-8-6-4-2-1-3-5-7-9-12-15/h10,13-15H,1-9,11-12H2,(H,23,25)(H,24,26). The third kappa shape index (κ3) is 7.16. The summed E-state index contributed by atoms with van der Waals surface area (Å²) in [5.74, 6) is -1.32. The van der Waals surface area contributed by atoms with Crippen molar-refractivity contribution < 1.29 is 9.59 Å². The summed E-state index contributed by atoms with van der Waals surface area (Å²) in [5.41, 5.74) is 0.345. The molecule has 0 aromatic heterocycles. The number of hydrogen-bond acceptors (Lipinski definition) is 2. The second-order valence-corrected chi connectivity index (χ2v) is 7.77. The van der Waals surface area contributed by atoms with Gasteiger partial charge in [-0.3, -0.25) is 9.59 Å². The van der Waals surface area contributed by atoms with Gasteiger partial charge in [-0.1, -0.05) is 87.1 Å². The topological polar surface area (TPSA) is 58.2 Å². The maximum absolute atomic E-state index is 12.3. The molecule has 6 heteroatoms. The quantitative estimate of drug-likeness (QED) is 0.625. The third-order valence-corrected chi connectivity index (χ3v) is 5.67. The van der Waals surface area contributed by atoms with Gasteiger partial charge in [0.2, 0.25) is 0 Å². The first-order valence-electron chi connectivity index (χ1n) is 9.64. The van der Waals surface area contributed by atoms with Gasteiger partial charge in [-0.25, -0.2) is 0 Å². The number of amides is 2. The zero-order valence-corrected chi connectivity index (χ0v) is 16.7. The number of hydrogen-bond donors (Lipinski definition) is 2. The highest BCUT2D eigenvalue weighted by atomic mass is 35.5. The van der Waals surface area contributed by atoms with Crippen LogP contribution in [-0.4, -0.2) is 17.9 Å². The molecule has 1 aliphatic rings. The first kappa shape index (κ1) is 21.0. The maximum Gasteiger partial charge on any atom is 0.313 e. The molecule has 0 spiro atoms. The van der Waals surface area contributed by atoms with Crippen molar-refractivity contribution in [3.05, 3.63) is 28.2 Å². The van der Waals surface area contributed by atoms with Crippen LogP contribution in [0.3, 0.4) is 0 Å². The van der Waals surface area contributed by atoms with Crippen molar-refractivity contribution >= 4 is 40.7 Å². The van der Waals surface area contributed by atoms with Crippen molar-refractivity contribution in [2.75, 3.05) is 5.32 Å². The first-order chi connectivity index (χ1) is 12.6. The van der Waals surface area contributed by atoms with Crippen LogP contribution in [0.15, 0.2) is 18.2 Å². The SMILES string of the molecule is O=C(Nc1cccc(Cl)c1Cl)C(=O)NC1CCCCCCCCCCC1. The van der Waals surface area contributed by atoms with Crippen LogP contribution >= 0.6 is 23.2 Å². The first-order valence-corrected chi connectivity index (χ1v) is 10.4. The summed E-state index contributed by atoms with van der Waals surface area (Å²) in [6.07, 6.45) is 12.9. The summed E-state index contributed by atoms with van der Waals surface area (Å²) in [4.78, 5) is 24.5. The second-order valence-electron chi connectivity index (χ2n) is 6.99. The van der Waals surface area contributed by atoms with Gasteiger partial charge in [0.15, 0.2) is 0 Å². The van der Waals surface area contributed by atoms with Gasteiger partial charge >= 0.3 is 11.8 Å². The molecule has 0 heterocycles. The lowest BCUT2D eigenvalue weighted by molar-refractivity contribution is -0.136. The van der Waals surface area contributed by atoms with E-state index in [-0.39, 0.29) is 11.1 Å². The Morgan fingerprint density at radius 3 is 1.92 bits per heavy atom. The minimum Gasteiger partial charge on any atom is -0.345 e. The molecule has 0 bridgehead atoms. The Hall–Kier alpha value is -1.26. The summed E-state index contributed by atoms with van der Waals surface area (Å²) in [6, 6.07) is 4.98. The Balaban J connectivity index is 1.88. The van der Waals surface area contributed by atoms with Crippen molar-refractivity contribution in [3.8, 4) is 0 Å². The average molecular weight is 399 g/mol. The lowest BCUT2D eigenvalue weighted by Gasteiger charge is -2.19. The summed E-state index contributed by atoms with van der Waals surface area (Å²) < 4.78 is 0. The third-order valence-electron chi connectivity index (χ3n) is 4.85. The number of anilines is 1. The Labute approximate surface area is 166 Å². The molecule has 0 atom stereocenters. The molecule has 2 rings (SSSR count). The number of rotatable bonds is 2. The van der Waals surface area contributed by atoms with Crippen molar-refractivity contribution in [1.29, 1.82) is 0 Å². The summed E-state index contributed by atoms with van der Waals surface area (Å²) in [5, 5.41) is 6.01. The highest BCUT2D eigenvalue weighted by molar-refractivity contribution is 6.45. The molecular weight excluding hydrogens is 371 g/mol. The van der Waals surface area contributed by atoms with Crippen molar-refractivity contribution in [1.82, 2.24) is 5.32 Å². The van der Waals surface area contributed by atoms with E-state index < -0.39 is 11.8 Å². The van der Waals surface area contributed by atoms with Crippen molar-refractivity contribution in [3.63, 3.8) is 0 Å². The molecule has 1 aromatic carbocycles. The van der Waals surface area contributed by atoms with Gasteiger partial charge in [0, 0.05) is 6.04 Å². The summed E-state index contributed by atoms with van der Waals surface area (Å²) >= 11 is 12.0. The van der Waals surface area contributed by atoms with Gasteiger partial charge in [-0.05, 0) is 25.0 Å². The van der Waals surface area contributed by atoms with E-state index in [1.165, 1.54) is 44.9 Å². The van der Waals surface area contributed by atoms with E-state index in [0.717, 1.165) is 25.7 Å². The van der Waals surface area contributed by atoms with Crippen LogP contribution in [0, 0.1) is 0 Å². The van der Waals surface area contributed by atoms with Crippen LogP contribution in [0.4, 0.5) is 5.69 Å². The smallest absolute Gasteiger partial charge is 0.313 e. The maximum atomic E-state index is 12.3. The Bertz CT molecular complexity index is 595. The van der Waals surface area contributed by atoms with Gasteiger partial charge in [0.05, 0.1) is 15.7 Å². The molecule has 144 valence electrons. The van der Waals surface area contributed by atoms with E-state index in [2.05, 4.69) is 10.6 Å². The predicted molar refractivity (Wildman–Crippen MR) is 108 cm³/mol. The van der Waals surface area contributed by atoms with E-state index in [1.807, 2.05) is 0 Å². The molecular formula is C20H28Cl2N2O2. The molecule has 4 nitrogen and oxygen atoms in total. The predicted octanol–water partition coefficient (Wildman–Crippen LogP) is 5.72. The van der Waals surface area contributed by atoms with E-state index >= 15 is 0 Å². The van der Waals surface area contributed by atoms with Crippen molar-refractivity contribution in [2.45, 2.75) is 76.7 Å². The van der Waals surface area contributed by atoms with E-state index in [0.29, 0.717) is 10.7 Å². The number of carbonyl (C=O) groups excluding carboxylic acids is 2. The molecule has 2 N–H and O–H groups in total. The Morgan fingerprint density at radius 1 is 0.808 bits per heavy atom. The molecule has 0 radical (unpaired) electrons. The highest BCUT2D eigenvalue weighted by Crippen LogP contribution is 2.29. The lowest BCUT2D eigenvalue weighted by Crippen LogP contribution is -2.42. The fourth-order valence-electron chi connectivity index (χ4n) is 3.34. The molecule has 0 saturated heterocycles. The molecule has 0 aliphatic heterocycles. The highest BCUT2D eigenvalue weighted by Gasteiger charge is 2.20. The van der Waals surface area contributed by atoms with E-state index in [4.69, 9.17) is 23.2 Å². The molecule has 1 saturated carbocycles. The molecule has 0 unspecified atom stereocenters. The van der Waals surface area contributed by atoms with Crippen LogP contribution in [0.25, 0.3) is 0 Å². The number of nitrogens with one attached hydrogen (secondary N) is 2. The van der Waals surface area contributed by atoms with Crippen LogP contribution in [0.1, 0.15) is 70.6 Å². The molecule has 1 aromatic rings. The summed E-state index contributed by atoms with van der Waals surface area (Å²) in [7, 11) is 0. The van der Waals surface area contributed by atoms with Crippen LogP contribution in [0.2, 0.25) is 10.0 Å². The zero-order chi connectivity index (χ0) is 18.8. The molecule has 1 fully saturated rings. The normalized spacial score (nSPS) is 17.6. The van der Waals surface area contributed by atoms with Crippen molar-refractivity contribution in [2.24, 2.45) is 0 Å². The minimum absolute atomic E-state index is 0.0579. The lowest BCUT2D eigenvalue weighted by atomic mass is 9.98. The average Bonchev–Trinajstić information content (AvgIpc) is 2.61. The largest absolute Gasteiger partial charge is 0.345 e. The van der Waals surface area contributed by atoms with Crippen LogP contribution < -0.4 is 10.6 Å². The Kier molecular flexibility index (Phi) is 9.27. The fraction of sp³-hybridized carbons (Fsp3) is 0.600. The number of carbonyl (C=O) groups is 2. The van der Waals surface area contributed by atoms with E-state index in [1.54, 1.807) is 18.2 Å². The van der Waals surface area contributed by atoms with Gasteiger partial charge < -0.3 is 10.6 Å². The van der Waals surface area contributed by atoms with Crippen LogP contribution in [-0.2, 0) is 9.59 Å². The summed E-state index contributed by atoms with van der Waals surface area (Å²) in [6.45, 7) is 0. The van der Waals surface area contributed by atoms with Gasteiger partial charge in [0.25, 0.3) is 0 Å². The minimum atomic E-state index is -0.708. The van der Waals surface area contributed by atoms with Gasteiger partial charge in [-0.15, -0.1) is 0 Å². The van der Waals surface area contributed by atoms with Gasteiger partial charge in [0.1, 0.15) is 0 Å². The fourth-order valence-corrected chi connectivity index (χ4v) is 3.69. The second kappa shape index (κ2) is 11.5. The van der Waals surface area contributed by atoms with Gasteiger partial charge in [-0.2, -0.15) is 0 Å². The molecule has 2 amide bonds. The molecule has 26 heavy (non-hydrogen) atoms. The number of halogens is 2. The van der Waals surface area contributed by atoms with Crippen LogP contribution in [0.5, 0.6) is 0 Å². The monoisotopic (exact) mass is 398 g/mol. The van der Waals surface area contributed by atoms with E-state index in [9.17, 15) is 9.59 Å². The molecule has 1 aliphatic carbocycles. The Morgan fingerprint density at radius 2 is 1.35 bits per heavy atom.